The Hall–Kier alpha value is -2.06. The van der Waals surface area contributed by atoms with Crippen LogP contribution >= 0.6 is 0 Å². The maximum Gasteiger partial charge on any atom is 0.411 e. The zero-order chi connectivity index (χ0) is 13.5. The average molecular weight is 250 g/mol. The summed E-state index contributed by atoms with van der Waals surface area (Å²) in [7, 11) is 0. The van der Waals surface area contributed by atoms with E-state index in [4.69, 9.17) is 10.5 Å². The third-order valence-corrected chi connectivity index (χ3v) is 1.88. The first-order valence-corrected chi connectivity index (χ1v) is 5.49. The molecular formula is C13H15FN2O2. The van der Waals surface area contributed by atoms with Crippen molar-refractivity contribution in [3.63, 3.8) is 0 Å². The van der Waals surface area contributed by atoms with Gasteiger partial charge in [-0.05, 0) is 32.0 Å². The van der Waals surface area contributed by atoms with Crippen LogP contribution in [0.15, 0.2) is 18.2 Å². The number of anilines is 1. The zero-order valence-corrected chi connectivity index (χ0v) is 10.3. The molecule has 0 aliphatic heterocycles. The molecule has 0 heterocycles. The Balaban J connectivity index is 2.75. The van der Waals surface area contributed by atoms with Crippen LogP contribution in [0.2, 0.25) is 0 Å². The molecule has 4 nitrogen and oxygen atoms in total. The standard InChI is InChI=1S/C13H15FN2O2/c1-9(2)18-13(17)16-11-6-5-10(4-3-7-15)12(14)8-11/h5-6,8-9H,7,15H2,1-2H3,(H,16,17). The van der Waals surface area contributed by atoms with Crippen LogP contribution in [0.5, 0.6) is 0 Å². The summed E-state index contributed by atoms with van der Waals surface area (Å²) in [5.74, 6) is 4.63. The smallest absolute Gasteiger partial charge is 0.411 e. The first-order valence-electron chi connectivity index (χ1n) is 5.49. The summed E-state index contributed by atoms with van der Waals surface area (Å²) in [6.07, 6.45) is -0.852. The van der Waals surface area contributed by atoms with Crippen molar-refractivity contribution in [3.05, 3.63) is 29.6 Å². The van der Waals surface area contributed by atoms with Gasteiger partial charge >= 0.3 is 6.09 Å². The Morgan fingerprint density at radius 2 is 2.28 bits per heavy atom. The molecule has 96 valence electrons. The van der Waals surface area contributed by atoms with Gasteiger partial charge in [0, 0.05) is 5.69 Å². The number of hydrogen-bond acceptors (Lipinski definition) is 3. The minimum Gasteiger partial charge on any atom is -0.447 e. The van der Waals surface area contributed by atoms with E-state index in [-0.39, 0.29) is 18.2 Å². The third-order valence-electron chi connectivity index (χ3n) is 1.88. The van der Waals surface area contributed by atoms with Gasteiger partial charge in [0.05, 0.1) is 18.2 Å². The van der Waals surface area contributed by atoms with E-state index in [1.165, 1.54) is 12.1 Å². The number of nitrogens with two attached hydrogens (primary N) is 1. The van der Waals surface area contributed by atoms with Crippen LogP contribution in [0.1, 0.15) is 19.4 Å². The fourth-order valence-electron chi connectivity index (χ4n) is 1.20. The molecule has 0 unspecified atom stereocenters. The number of benzene rings is 1. The first kappa shape index (κ1) is 14.0. The Kier molecular flexibility index (Phi) is 5.15. The molecule has 0 aliphatic carbocycles. The molecule has 0 radical (unpaired) electrons. The Morgan fingerprint density at radius 3 is 2.83 bits per heavy atom. The van der Waals surface area contributed by atoms with E-state index in [1.807, 2.05) is 0 Å². The number of carbonyl (C=O) groups excluding carboxylic acids is 1. The summed E-state index contributed by atoms with van der Waals surface area (Å²) in [5, 5.41) is 2.42. The Labute approximate surface area is 105 Å². The van der Waals surface area contributed by atoms with Crippen LogP contribution in [0.4, 0.5) is 14.9 Å². The second-order valence-corrected chi connectivity index (χ2v) is 3.78. The van der Waals surface area contributed by atoms with Crippen molar-refractivity contribution in [2.45, 2.75) is 20.0 Å². The lowest BCUT2D eigenvalue weighted by molar-refractivity contribution is 0.130. The van der Waals surface area contributed by atoms with Gasteiger partial charge < -0.3 is 10.5 Å². The molecule has 0 aliphatic rings. The van der Waals surface area contributed by atoms with Crippen molar-refractivity contribution in [2.75, 3.05) is 11.9 Å². The van der Waals surface area contributed by atoms with Crippen molar-refractivity contribution in [1.82, 2.24) is 0 Å². The third kappa shape index (κ3) is 4.44. The Bertz CT molecular complexity index is 489. The summed E-state index contributed by atoms with van der Waals surface area (Å²) in [6, 6.07) is 4.20. The van der Waals surface area contributed by atoms with Gasteiger partial charge in [-0.15, -0.1) is 0 Å². The summed E-state index contributed by atoms with van der Waals surface area (Å²) >= 11 is 0. The van der Waals surface area contributed by atoms with Crippen LogP contribution < -0.4 is 11.1 Å². The molecule has 0 saturated carbocycles. The fraction of sp³-hybridized carbons (Fsp3) is 0.308. The summed E-state index contributed by atoms with van der Waals surface area (Å²) < 4.78 is 18.4. The predicted octanol–water partition coefficient (Wildman–Crippen LogP) is 2.09. The van der Waals surface area contributed by atoms with Gasteiger partial charge in [0.25, 0.3) is 0 Å². The minimum absolute atomic E-state index is 0.167. The quantitative estimate of drug-likeness (QED) is 0.790. The van der Waals surface area contributed by atoms with Gasteiger partial charge in [0.15, 0.2) is 0 Å². The number of amides is 1. The lowest BCUT2D eigenvalue weighted by Gasteiger charge is -2.09. The van der Waals surface area contributed by atoms with Crippen LogP contribution in [0.25, 0.3) is 0 Å². The van der Waals surface area contributed by atoms with Crippen molar-refractivity contribution < 1.29 is 13.9 Å². The summed E-state index contributed by atoms with van der Waals surface area (Å²) in [5.41, 5.74) is 5.75. The van der Waals surface area contributed by atoms with Gasteiger partial charge in [0.1, 0.15) is 5.82 Å². The number of carbonyl (C=O) groups is 1. The van der Waals surface area contributed by atoms with E-state index in [2.05, 4.69) is 17.2 Å². The second-order valence-electron chi connectivity index (χ2n) is 3.78. The van der Waals surface area contributed by atoms with Crippen molar-refractivity contribution in [2.24, 2.45) is 5.73 Å². The molecule has 1 rings (SSSR count). The SMILES string of the molecule is CC(C)OC(=O)Nc1ccc(C#CCN)c(F)c1. The minimum atomic E-state index is -0.620. The lowest BCUT2D eigenvalue weighted by atomic mass is 10.2. The average Bonchev–Trinajstić information content (AvgIpc) is 2.26. The number of rotatable bonds is 2. The molecule has 0 bridgehead atoms. The zero-order valence-electron chi connectivity index (χ0n) is 10.3. The molecule has 18 heavy (non-hydrogen) atoms. The van der Waals surface area contributed by atoms with Gasteiger partial charge in [-0.25, -0.2) is 9.18 Å². The highest BCUT2D eigenvalue weighted by atomic mass is 19.1. The van der Waals surface area contributed by atoms with E-state index in [0.29, 0.717) is 5.69 Å². The lowest BCUT2D eigenvalue weighted by Crippen LogP contribution is -2.18. The molecule has 1 aromatic carbocycles. The maximum atomic E-state index is 13.6. The highest BCUT2D eigenvalue weighted by Gasteiger charge is 2.07. The number of nitrogens with one attached hydrogen (secondary N) is 1. The monoisotopic (exact) mass is 250 g/mol. The van der Waals surface area contributed by atoms with E-state index in [9.17, 15) is 9.18 Å². The Morgan fingerprint density at radius 1 is 1.56 bits per heavy atom. The topological polar surface area (TPSA) is 64.3 Å². The van der Waals surface area contributed by atoms with E-state index < -0.39 is 11.9 Å². The van der Waals surface area contributed by atoms with Crippen molar-refractivity contribution in [1.29, 1.82) is 0 Å². The summed E-state index contributed by atoms with van der Waals surface area (Å²) in [6.45, 7) is 3.62. The molecule has 0 saturated heterocycles. The van der Waals surface area contributed by atoms with E-state index >= 15 is 0 Å². The van der Waals surface area contributed by atoms with E-state index in [1.54, 1.807) is 19.9 Å². The fourth-order valence-corrected chi connectivity index (χ4v) is 1.20. The molecule has 0 aromatic heterocycles. The number of hydrogen-bond donors (Lipinski definition) is 2. The van der Waals surface area contributed by atoms with Gasteiger partial charge in [0.2, 0.25) is 0 Å². The van der Waals surface area contributed by atoms with Crippen LogP contribution in [0.3, 0.4) is 0 Å². The number of halogens is 1. The molecule has 5 heteroatoms. The predicted molar refractivity (Wildman–Crippen MR) is 67.6 cm³/mol. The highest BCUT2D eigenvalue weighted by Crippen LogP contribution is 2.14. The van der Waals surface area contributed by atoms with Gasteiger partial charge in [-0.1, -0.05) is 11.8 Å². The second kappa shape index (κ2) is 6.62. The van der Waals surface area contributed by atoms with Gasteiger partial charge in [-0.2, -0.15) is 0 Å². The molecule has 0 spiro atoms. The number of ether oxygens (including phenoxy) is 1. The summed E-state index contributed by atoms with van der Waals surface area (Å²) in [4.78, 5) is 11.3. The van der Waals surface area contributed by atoms with Crippen molar-refractivity contribution in [3.8, 4) is 11.8 Å². The molecule has 1 aromatic rings. The highest BCUT2D eigenvalue weighted by molar-refractivity contribution is 5.84. The molecule has 1 amide bonds. The molecule has 3 N–H and O–H groups in total. The van der Waals surface area contributed by atoms with Crippen LogP contribution in [-0.2, 0) is 4.74 Å². The van der Waals surface area contributed by atoms with E-state index in [0.717, 1.165) is 0 Å². The molecule has 0 atom stereocenters. The molecular weight excluding hydrogens is 235 g/mol. The molecule has 0 fully saturated rings. The van der Waals surface area contributed by atoms with Crippen molar-refractivity contribution >= 4 is 11.8 Å². The largest absolute Gasteiger partial charge is 0.447 e. The van der Waals surface area contributed by atoms with Crippen LogP contribution in [0, 0.1) is 17.7 Å². The normalized spacial score (nSPS) is 9.61. The maximum absolute atomic E-state index is 13.6. The van der Waals surface area contributed by atoms with Gasteiger partial charge in [-0.3, -0.25) is 5.32 Å². The first-order chi connectivity index (χ1) is 8.52. The van der Waals surface area contributed by atoms with Crippen LogP contribution in [-0.4, -0.2) is 18.7 Å².